The molecule has 0 radical (unpaired) electrons. The second-order valence-electron chi connectivity index (χ2n) is 9.48. The molecule has 0 saturated carbocycles. The van der Waals surface area contributed by atoms with Gasteiger partial charge in [0.05, 0.1) is 11.8 Å². The van der Waals surface area contributed by atoms with Crippen LogP contribution in [0.1, 0.15) is 11.4 Å². The van der Waals surface area contributed by atoms with Crippen LogP contribution >= 0.6 is 0 Å². The molecule has 7 nitrogen and oxygen atoms in total. The molecule has 3 rings (SSSR count). The van der Waals surface area contributed by atoms with Crippen LogP contribution < -0.4 is 5.56 Å². The average Bonchev–Trinajstić information content (AvgIpc) is 3.26. The Morgan fingerprint density at radius 2 is 1.67 bits per heavy atom. The van der Waals surface area contributed by atoms with Gasteiger partial charge in [-0.25, -0.2) is 4.98 Å². The Labute approximate surface area is 200 Å². The molecule has 3 heterocycles. The summed E-state index contributed by atoms with van der Waals surface area (Å²) in [6.45, 7) is 6.11. The van der Waals surface area contributed by atoms with Gasteiger partial charge in [-0.05, 0) is 13.0 Å². The third-order valence-corrected chi connectivity index (χ3v) is 6.97. The van der Waals surface area contributed by atoms with Gasteiger partial charge >= 0.3 is 18.3 Å². The van der Waals surface area contributed by atoms with Crippen LogP contribution in [0.5, 0.6) is 0 Å². The molecule has 0 saturated heterocycles. The minimum absolute atomic E-state index is 0.125. The lowest BCUT2D eigenvalue weighted by Crippen LogP contribution is -2.40. The van der Waals surface area contributed by atoms with Gasteiger partial charge in [0.2, 0.25) is 5.78 Å². The van der Waals surface area contributed by atoms with Crippen molar-refractivity contribution in [2.45, 2.75) is 64.2 Å². The minimum atomic E-state index is -5.90. The van der Waals surface area contributed by atoms with Gasteiger partial charge in [-0.2, -0.15) is 40.2 Å². The molecular formula is C20H23F8N5O2Si. The number of imidazole rings is 1. The zero-order valence-electron chi connectivity index (χ0n) is 19.6. The monoisotopic (exact) mass is 545 g/mol. The zero-order chi connectivity index (χ0) is 27.3. The number of fused-ring (bicyclic) bond motifs is 1. The molecule has 0 aliphatic heterocycles. The molecule has 16 heteroatoms. The van der Waals surface area contributed by atoms with Gasteiger partial charge in [-0.3, -0.25) is 18.4 Å². The Bertz CT molecular complexity index is 1300. The highest BCUT2D eigenvalue weighted by Gasteiger charge is 2.57. The Hall–Kier alpha value is -2.75. The first-order valence-electron chi connectivity index (χ1n) is 10.6. The minimum Gasteiger partial charge on any atom is -0.361 e. The summed E-state index contributed by atoms with van der Waals surface area (Å²) in [5.41, 5.74) is -4.10. The Kier molecular flexibility index (Phi) is 7.17. The van der Waals surface area contributed by atoms with Crippen molar-refractivity contribution < 1.29 is 39.9 Å². The highest BCUT2D eigenvalue weighted by atomic mass is 28.3. The lowest BCUT2D eigenvalue weighted by atomic mass is 10.1. The van der Waals surface area contributed by atoms with E-state index in [4.69, 9.17) is 4.74 Å². The van der Waals surface area contributed by atoms with E-state index in [0.717, 1.165) is 10.4 Å². The highest BCUT2D eigenvalue weighted by molar-refractivity contribution is 6.76. The number of aromatic nitrogens is 5. The third-order valence-electron chi connectivity index (χ3n) is 5.26. The molecule has 0 amide bonds. The van der Waals surface area contributed by atoms with Crippen LogP contribution in [0.15, 0.2) is 23.4 Å². The third kappa shape index (κ3) is 5.79. The predicted molar refractivity (Wildman–Crippen MR) is 116 cm³/mol. The molecule has 0 bridgehead atoms. The summed E-state index contributed by atoms with van der Waals surface area (Å²) in [5.74, 6) is -5.55. The summed E-state index contributed by atoms with van der Waals surface area (Å²) < 4.78 is 114. The van der Waals surface area contributed by atoms with Gasteiger partial charge in [0.1, 0.15) is 13.3 Å². The predicted octanol–water partition coefficient (Wildman–Crippen LogP) is 5.20. The summed E-state index contributed by atoms with van der Waals surface area (Å²) in [6.07, 6.45) is -8.69. The van der Waals surface area contributed by atoms with E-state index in [0.29, 0.717) is 24.7 Å². The topological polar surface area (TPSA) is 66.4 Å². The summed E-state index contributed by atoms with van der Waals surface area (Å²) in [5, 5.41) is 3.30. The van der Waals surface area contributed by atoms with Crippen LogP contribution in [0, 0.1) is 6.92 Å². The summed E-state index contributed by atoms with van der Waals surface area (Å²) in [4.78, 5) is 16.7. The second kappa shape index (κ2) is 9.28. The molecule has 0 atom stereocenters. The van der Waals surface area contributed by atoms with Gasteiger partial charge in [0.25, 0.3) is 5.56 Å². The fraction of sp³-hybridized carbons (Fsp3) is 0.550. The molecule has 3 aromatic rings. The number of halogens is 8. The van der Waals surface area contributed by atoms with E-state index in [9.17, 15) is 39.9 Å². The average molecular weight is 546 g/mol. The molecule has 0 aliphatic carbocycles. The Morgan fingerprint density at radius 1 is 1.03 bits per heavy atom. The van der Waals surface area contributed by atoms with Gasteiger partial charge in [-0.15, -0.1) is 0 Å². The smallest absolute Gasteiger partial charge is 0.361 e. The van der Waals surface area contributed by atoms with Crippen LogP contribution in [0.2, 0.25) is 25.7 Å². The van der Waals surface area contributed by atoms with Crippen molar-refractivity contribution in [3.8, 4) is 11.1 Å². The van der Waals surface area contributed by atoms with Gasteiger partial charge in [-0.1, -0.05) is 19.6 Å². The van der Waals surface area contributed by atoms with E-state index in [1.165, 1.54) is 17.7 Å². The van der Waals surface area contributed by atoms with Crippen LogP contribution in [0.4, 0.5) is 35.1 Å². The van der Waals surface area contributed by atoms with Crippen molar-refractivity contribution >= 4 is 13.9 Å². The molecule has 0 N–H and O–H groups in total. The molecule has 3 aromatic heterocycles. The molecule has 0 unspecified atom stereocenters. The fourth-order valence-corrected chi connectivity index (χ4v) is 4.03. The van der Waals surface area contributed by atoms with Crippen LogP contribution in [0.3, 0.4) is 0 Å². The molecule has 0 fully saturated rings. The SMILES string of the molecule is Cc1cn2c(=O)c(-c3cnn(CC(F)(F)C(F)(F)F)c3)c(C(F)(F)F)nc2n1COCC[Si](C)(C)C. The van der Waals surface area contributed by atoms with Crippen molar-refractivity contribution in [3.63, 3.8) is 0 Å². The normalized spacial score (nSPS) is 13.7. The van der Waals surface area contributed by atoms with Crippen LogP contribution in [0.25, 0.3) is 16.9 Å². The Balaban J connectivity index is 2.06. The number of hydrogen-bond donors (Lipinski definition) is 0. The summed E-state index contributed by atoms with van der Waals surface area (Å²) in [6, 6.07) is 0.800. The fourth-order valence-electron chi connectivity index (χ4n) is 3.27. The highest BCUT2D eigenvalue weighted by Crippen LogP contribution is 2.38. The van der Waals surface area contributed by atoms with Gasteiger partial charge in [0.15, 0.2) is 5.69 Å². The van der Waals surface area contributed by atoms with E-state index in [1.807, 2.05) is 0 Å². The first-order valence-corrected chi connectivity index (χ1v) is 14.3. The zero-order valence-corrected chi connectivity index (χ0v) is 20.6. The number of nitrogens with zero attached hydrogens (tertiary/aromatic N) is 5. The lowest BCUT2D eigenvalue weighted by Gasteiger charge is -2.19. The quantitative estimate of drug-likeness (QED) is 0.222. The first kappa shape index (κ1) is 27.8. The van der Waals surface area contributed by atoms with Gasteiger partial charge < -0.3 is 4.74 Å². The molecule has 36 heavy (non-hydrogen) atoms. The molecule has 0 aliphatic rings. The van der Waals surface area contributed by atoms with E-state index in [1.54, 1.807) is 0 Å². The van der Waals surface area contributed by atoms with Crippen molar-refractivity contribution in [1.29, 1.82) is 0 Å². The van der Waals surface area contributed by atoms with E-state index in [2.05, 4.69) is 29.7 Å². The molecule has 0 aromatic carbocycles. The number of ether oxygens (including phenoxy) is 1. The second-order valence-corrected chi connectivity index (χ2v) is 15.1. The molecule has 0 spiro atoms. The first-order chi connectivity index (χ1) is 16.3. The van der Waals surface area contributed by atoms with Crippen LogP contribution in [-0.2, 0) is 24.2 Å². The largest absolute Gasteiger partial charge is 0.455 e. The molecule has 200 valence electrons. The van der Waals surface area contributed by atoms with E-state index < -0.39 is 55.3 Å². The summed E-state index contributed by atoms with van der Waals surface area (Å²) in [7, 11) is -1.43. The Morgan fingerprint density at radius 3 is 2.22 bits per heavy atom. The number of alkyl halides is 8. The number of rotatable bonds is 8. The maximum Gasteiger partial charge on any atom is 0.455 e. The number of aryl methyl sites for hydroxylation is 1. The number of hydrogen-bond acceptors (Lipinski definition) is 4. The van der Waals surface area contributed by atoms with Crippen molar-refractivity contribution in [3.05, 3.63) is 40.3 Å². The van der Waals surface area contributed by atoms with Gasteiger partial charge in [0, 0.05) is 38.3 Å². The standard InChI is InChI=1S/C20H23F8N5O2Si/c1-12-8-32-16(34)14(13-7-29-31(9-13)10-18(21,22)20(26,27)28)15(19(23,24)25)30-17(32)33(12)11-35-5-6-36(2,3)4/h7-9H,5-6,10-11H2,1-4H3. The van der Waals surface area contributed by atoms with Crippen LogP contribution in [-0.4, -0.2) is 50.5 Å². The van der Waals surface area contributed by atoms with E-state index in [-0.39, 0.29) is 17.2 Å². The maximum atomic E-state index is 13.9. The maximum absolute atomic E-state index is 13.9. The molecular weight excluding hydrogens is 522 g/mol. The summed E-state index contributed by atoms with van der Waals surface area (Å²) >= 11 is 0. The van der Waals surface area contributed by atoms with Crippen molar-refractivity contribution in [2.24, 2.45) is 0 Å². The van der Waals surface area contributed by atoms with E-state index >= 15 is 0 Å². The lowest BCUT2D eigenvalue weighted by molar-refractivity contribution is -0.287. The van der Waals surface area contributed by atoms with Crippen molar-refractivity contribution in [1.82, 2.24) is 23.7 Å². The van der Waals surface area contributed by atoms with Crippen molar-refractivity contribution in [2.75, 3.05) is 6.61 Å².